The maximum atomic E-state index is 13.5. The van der Waals surface area contributed by atoms with Gasteiger partial charge in [-0.25, -0.2) is 0 Å². The Bertz CT molecular complexity index is 1000. The van der Waals surface area contributed by atoms with Crippen molar-refractivity contribution in [1.29, 1.82) is 0 Å². The van der Waals surface area contributed by atoms with Crippen LogP contribution in [0.15, 0.2) is 36.4 Å². The van der Waals surface area contributed by atoms with E-state index in [1.54, 1.807) is 0 Å². The summed E-state index contributed by atoms with van der Waals surface area (Å²) in [5.41, 5.74) is 0.263. The molecule has 2 heterocycles. The third-order valence-corrected chi connectivity index (χ3v) is 4.23. The van der Waals surface area contributed by atoms with E-state index in [0.717, 1.165) is 11.6 Å². The van der Waals surface area contributed by atoms with Gasteiger partial charge in [-0.05, 0) is 19.4 Å². The number of nitrogens with one attached hydrogen (secondary N) is 1. The molecule has 0 radical (unpaired) electrons. The van der Waals surface area contributed by atoms with Gasteiger partial charge >= 0.3 is 6.18 Å². The first-order valence-corrected chi connectivity index (χ1v) is 8.56. The maximum absolute atomic E-state index is 13.5. The van der Waals surface area contributed by atoms with Crippen LogP contribution in [0, 0.1) is 6.92 Å². The van der Waals surface area contributed by atoms with Crippen LogP contribution >= 0.6 is 0 Å². The molecule has 2 aromatic heterocycles. The summed E-state index contributed by atoms with van der Waals surface area (Å²) >= 11 is 0. The molecule has 1 unspecified atom stereocenters. The fraction of sp³-hybridized carbons (Fsp3) is 0.316. The Morgan fingerprint density at radius 3 is 2.61 bits per heavy atom. The molecule has 6 nitrogen and oxygen atoms in total. The summed E-state index contributed by atoms with van der Waals surface area (Å²) in [6.07, 6.45) is -5.63. The number of pyridine rings is 1. The van der Waals surface area contributed by atoms with Crippen molar-refractivity contribution in [2.45, 2.75) is 32.7 Å². The van der Waals surface area contributed by atoms with Gasteiger partial charge in [-0.2, -0.15) is 23.3 Å². The predicted molar refractivity (Wildman–Crippen MR) is 96.6 cm³/mol. The highest BCUT2D eigenvalue weighted by Gasteiger charge is 2.36. The molecule has 0 aliphatic rings. The van der Waals surface area contributed by atoms with Crippen molar-refractivity contribution in [3.05, 3.63) is 53.2 Å². The number of aryl methyl sites for hydroxylation is 2. The van der Waals surface area contributed by atoms with E-state index in [9.17, 15) is 18.0 Å². The summed E-state index contributed by atoms with van der Waals surface area (Å²) in [7, 11) is 1.50. The minimum Gasteiger partial charge on any atom is -0.464 e. The van der Waals surface area contributed by atoms with Crippen LogP contribution in [0.25, 0.3) is 11.0 Å². The molecule has 3 aromatic rings. The highest BCUT2D eigenvalue weighted by molar-refractivity contribution is 5.84. The number of halogens is 3. The summed E-state index contributed by atoms with van der Waals surface area (Å²) in [5.74, 6) is -0.745. The van der Waals surface area contributed by atoms with E-state index in [4.69, 9.17) is 4.74 Å². The number of hydrogen-bond acceptors (Lipinski definition) is 4. The van der Waals surface area contributed by atoms with Gasteiger partial charge in [0.05, 0.1) is 16.6 Å². The lowest BCUT2D eigenvalue weighted by molar-refractivity contribution is -0.136. The number of nitrogens with zero attached hydrogens (tertiary/aromatic N) is 3. The largest absolute Gasteiger partial charge is 0.464 e. The number of ether oxygens (including phenoxy) is 1. The highest BCUT2D eigenvalue weighted by atomic mass is 19.4. The average Bonchev–Trinajstić information content (AvgIpc) is 2.93. The molecule has 0 aliphatic heterocycles. The summed E-state index contributed by atoms with van der Waals surface area (Å²) in [5, 5.41) is 6.61. The first-order chi connectivity index (χ1) is 13.2. The van der Waals surface area contributed by atoms with Gasteiger partial charge in [0.2, 0.25) is 5.88 Å². The number of carbonyl (C=O) groups is 1. The number of carbonyl (C=O) groups excluding carboxylic acids is 1. The molecule has 1 N–H and O–H groups in total. The molecule has 1 atom stereocenters. The van der Waals surface area contributed by atoms with E-state index in [-0.39, 0.29) is 29.2 Å². The zero-order valence-electron chi connectivity index (χ0n) is 15.5. The Labute approximate surface area is 159 Å². The van der Waals surface area contributed by atoms with Crippen LogP contribution in [0.3, 0.4) is 0 Å². The fourth-order valence-corrected chi connectivity index (χ4v) is 2.87. The number of amides is 1. The second-order valence-electron chi connectivity index (χ2n) is 6.38. The van der Waals surface area contributed by atoms with Crippen molar-refractivity contribution in [3.8, 4) is 5.88 Å². The molecule has 0 aliphatic carbocycles. The van der Waals surface area contributed by atoms with Crippen LogP contribution in [-0.4, -0.2) is 26.8 Å². The highest BCUT2D eigenvalue weighted by Crippen LogP contribution is 2.37. The van der Waals surface area contributed by atoms with Crippen molar-refractivity contribution >= 4 is 16.9 Å². The number of hydrogen-bond donors (Lipinski definition) is 1. The van der Waals surface area contributed by atoms with Crippen LogP contribution in [0.1, 0.15) is 23.7 Å². The predicted octanol–water partition coefficient (Wildman–Crippen LogP) is 3.38. The van der Waals surface area contributed by atoms with Crippen LogP contribution in [0.4, 0.5) is 13.2 Å². The number of rotatable bonds is 5. The van der Waals surface area contributed by atoms with Gasteiger partial charge in [-0.1, -0.05) is 30.3 Å². The zero-order chi connectivity index (χ0) is 20.5. The summed E-state index contributed by atoms with van der Waals surface area (Å²) in [6.45, 7) is 3.22. The first kappa shape index (κ1) is 19.7. The van der Waals surface area contributed by atoms with E-state index in [1.165, 1.54) is 25.6 Å². The van der Waals surface area contributed by atoms with E-state index in [1.807, 2.05) is 30.3 Å². The normalized spacial score (nSPS) is 12.8. The summed E-state index contributed by atoms with van der Waals surface area (Å²) in [4.78, 5) is 16.3. The SMILES string of the molecule is Cc1nn(C)c2nc(OC(C)C(=O)NCc3ccccc3)cc(C(F)(F)F)c12. The van der Waals surface area contributed by atoms with E-state index in [0.29, 0.717) is 0 Å². The molecule has 0 saturated heterocycles. The standard InChI is InChI=1S/C19H19F3N4O2/c1-11-16-14(19(20,21)22)9-15(24-17(16)26(3)25-11)28-12(2)18(27)23-10-13-7-5-4-6-8-13/h4-9,12H,10H2,1-3H3,(H,23,27). The molecular formula is C19H19F3N4O2. The van der Waals surface area contributed by atoms with Gasteiger partial charge in [0.25, 0.3) is 5.91 Å². The molecule has 0 saturated carbocycles. The van der Waals surface area contributed by atoms with Gasteiger partial charge < -0.3 is 10.1 Å². The quantitative estimate of drug-likeness (QED) is 0.723. The minimum atomic E-state index is -4.61. The van der Waals surface area contributed by atoms with Crippen molar-refractivity contribution in [3.63, 3.8) is 0 Å². The fourth-order valence-electron chi connectivity index (χ4n) is 2.87. The van der Waals surface area contributed by atoms with Gasteiger partial charge in [-0.3, -0.25) is 9.48 Å². The van der Waals surface area contributed by atoms with Gasteiger partial charge in [0.15, 0.2) is 11.8 Å². The molecule has 9 heteroatoms. The second kappa shape index (κ2) is 7.49. The molecule has 1 aromatic carbocycles. The smallest absolute Gasteiger partial charge is 0.417 e. The van der Waals surface area contributed by atoms with Crippen molar-refractivity contribution in [2.24, 2.45) is 7.05 Å². The Kier molecular flexibility index (Phi) is 5.26. The lowest BCUT2D eigenvalue weighted by Crippen LogP contribution is -2.36. The Balaban J connectivity index is 1.81. The number of aromatic nitrogens is 3. The number of alkyl halides is 3. The molecule has 1 amide bonds. The maximum Gasteiger partial charge on any atom is 0.417 e. The first-order valence-electron chi connectivity index (χ1n) is 8.56. The average molecular weight is 392 g/mol. The molecule has 0 fully saturated rings. The van der Waals surface area contributed by atoms with E-state index >= 15 is 0 Å². The van der Waals surface area contributed by atoms with Crippen molar-refractivity contribution < 1.29 is 22.7 Å². The topological polar surface area (TPSA) is 69.0 Å². The summed E-state index contributed by atoms with van der Waals surface area (Å²) < 4.78 is 47.1. The van der Waals surface area contributed by atoms with Gasteiger partial charge in [-0.15, -0.1) is 0 Å². The minimum absolute atomic E-state index is 0.0409. The molecular weight excluding hydrogens is 373 g/mol. The Morgan fingerprint density at radius 1 is 1.29 bits per heavy atom. The molecule has 28 heavy (non-hydrogen) atoms. The molecule has 0 spiro atoms. The lowest BCUT2D eigenvalue weighted by Gasteiger charge is -2.16. The summed E-state index contributed by atoms with van der Waals surface area (Å²) in [6, 6.07) is 10.0. The van der Waals surface area contributed by atoms with Crippen LogP contribution in [-0.2, 0) is 24.6 Å². The van der Waals surface area contributed by atoms with Crippen LogP contribution in [0.2, 0.25) is 0 Å². The second-order valence-corrected chi connectivity index (χ2v) is 6.38. The van der Waals surface area contributed by atoms with E-state index in [2.05, 4.69) is 15.4 Å². The Morgan fingerprint density at radius 2 is 1.96 bits per heavy atom. The Hall–Kier alpha value is -3.10. The number of benzene rings is 1. The molecule has 148 valence electrons. The van der Waals surface area contributed by atoms with Gasteiger partial charge in [0.1, 0.15) is 0 Å². The molecule has 3 rings (SSSR count). The van der Waals surface area contributed by atoms with E-state index < -0.39 is 23.8 Å². The monoisotopic (exact) mass is 392 g/mol. The van der Waals surface area contributed by atoms with Crippen LogP contribution in [0.5, 0.6) is 5.88 Å². The third kappa shape index (κ3) is 4.08. The lowest BCUT2D eigenvalue weighted by atomic mass is 10.1. The van der Waals surface area contributed by atoms with Crippen molar-refractivity contribution in [2.75, 3.05) is 0 Å². The molecule has 0 bridgehead atoms. The van der Waals surface area contributed by atoms with Gasteiger partial charge in [0, 0.05) is 19.7 Å². The zero-order valence-corrected chi connectivity index (χ0v) is 15.5. The van der Waals surface area contributed by atoms with Crippen LogP contribution < -0.4 is 10.1 Å². The number of fused-ring (bicyclic) bond motifs is 1. The third-order valence-electron chi connectivity index (χ3n) is 4.23. The van der Waals surface area contributed by atoms with Crippen molar-refractivity contribution in [1.82, 2.24) is 20.1 Å².